The number of rotatable bonds is 10. The molecular weight excluding hydrogens is 423 g/mol. The number of methoxy groups -OCH3 is 2. The molecule has 0 fully saturated rings. The quantitative estimate of drug-likeness (QED) is 0.557. The van der Waals surface area contributed by atoms with E-state index in [0.29, 0.717) is 25.4 Å². The maximum atomic E-state index is 13.2. The number of nitrogens with zero attached hydrogens (tertiary/aromatic N) is 2. The number of carbonyl (C=O) groups excluding carboxylic acids is 2. The second-order valence-electron chi connectivity index (χ2n) is 7.16. The zero-order valence-electron chi connectivity index (χ0n) is 17.7. The van der Waals surface area contributed by atoms with Crippen LogP contribution >= 0.6 is 11.3 Å². The zero-order valence-corrected chi connectivity index (χ0v) is 18.5. The van der Waals surface area contributed by atoms with Crippen molar-refractivity contribution in [2.45, 2.75) is 12.5 Å². The Bertz CT molecular complexity index is 873. The maximum absolute atomic E-state index is 13.2. The summed E-state index contributed by atoms with van der Waals surface area (Å²) in [7, 11) is 2.99. The minimum absolute atomic E-state index is 0.0575. The summed E-state index contributed by atoms with van der Waals surface area (Å²) in [4.78, 5) is 30.0. The fourth-order valence-corrected chi connectivity index (χ4v) is 4.47. The molecule has 1 aliphatic rings. The van der Waals surface area contributed by atoms with Gasteiger partial charge in [-0.15, -0.1) is 11.3 Å². The van der Waals surface area contributed by atoms with Crippen molar-refractivity contribution in [3.8, 4) is 5.75 Å². The molecule has 0 N–H and O–H groups in total. The average Bonchev–Trinajstić information content (AvgIpc) is 3.25. The van der Waals surface area contributed by atoms with Gasteiger partial charge in [-0.25, -0.2) is 4.39 Å². The Morgan fingerprint density at radius 1 is 1.19 bits per heavy atom. The maximum Gasteiger partial charge on any atom is 0.249 e. The summed E-state index contributed by atoms with van der Waals surface area (Å²) < 4.78 is 29.1. The van der Waals surface area contributed by atoms with E-state index in [-0.39, 0.29) is 43.4 Å². The van der Waals surface area contributed by atoms with Gasteiger partial charge >= 0.3 is 0 Å². The molecule has 0 radical (unpaired) electrons. The van der Waals surface area contributed by atoms with Gasteiger partial charge in [-0.2, -0.15) is 0 Å². The average molecular weight is 451 g/mol. The van der Waals surface area contributed by atoms with Crippen molar-refractivity contribution in [2.24, 2.45) is 0 Å². The molecule has 0 unspecified atom stereocenters. The van der Waals surface area contributed by atoms with Crippen molar-refractivity contribution in [2.75, 3.05) is 53.7 Å². The summed E-state index contributed by atoms with van der Waals surface area (Å²) in [5.74, 6) is -0.225. The van der Waals surface area contributed by atoms with Crippen LogP contribution in [0.2, 0.25) is 0 Å². The first-order valence-corrected chi connectivity index (χ1v) is 10.9. The van der Waals surface area contributed by atoms with E-state index in [0.717, 1.165) is 12.0 Å². The molecule has 168 valence electrons. The predicted molar refractivity (Wildman–Crippen MR) is 115 cm³/mol. The van der Waals surface area contributed by atoms with Gasteiger partial charge in [0.15, 0.2) is 0 Å². The van der Waals surface area contributed by atoms with Crippen molar-refractivity contribution in [3.63, 3.8) is 0 Å². The fraction of sp³-hybridized carbons (Fsp3) is 0.455. The number of carbonyl (C=O) groups is 2. The lowest BCUT2D eigenvalue weighted by molar-refractivity contribution is -0.145. The summed E-state index contributed by atoms with van der Waals surface area (Å²) in [6.45, 7) is 1.26. The second kappa shape index (κ2) is 11.2. The van der Waals surface area contributed by atoms with Crippen molar-refractivity contribution < 1.29 is 28.2 Å². The first kappa shape index (κ1) is 23.2. The van der Waals surface area contributed by atoms with Crippen molar-refractivity contribution in [1.82, 2.24) is 9.80 Å². The third-order valence-electron chi connectivity index (χ3n) is 5.15. The van der Waals surface area contributed by atoms with E-state index >= 15 is 0 Å². The minimum atomic E-state index is -0.334. The van der Waals surface area contributed by atoms with Crippen LogP contribution < -0.4 is 4.74 Å². The van der Waals surface area contributed by atoms with E-state index in [1.165, 1.54) is 29.0 Å². The molecule has 0 spiro atoms. The Morgan fingerprint density at radius 3 is 2.68 bits per heavy atom. The molecule has 31 heavy (non-hydrogen) atoms. The molecule has 1 aromatic heterocycles. The third kappa shape index (κ3) is 6.03. The van der Waals surface area contributed by atoms with E-state index in [1.54, 1.807) is 35.5 Å². The van der Waals surface area contributed by atoms with Crippen LogP contribution in [0.25, 0.3) is 0 Å². The summed E-state index contributed by atoms with van der Waals surface area (Å²) in [6.07, 6.45) is 0.760. The number of ether oxygens (including phenoxy) is 3. The van der Waals surface area contributed by atoms with Crippen LogP contribution in [0.4, 0.5) is 4.39 Å². The Hall–Kier alpha value is -2.49. The van der Waals surface area contributed by atoms with E-state index < -0.39 is 0 Å². The van der Waals surface area contributed by atoms with Gasteiger partial charge in [0.1, 0.15) is 24.8 Å². The van der Waals surface area contributed by atoms with E-state index in [1.807, 2.05) is 11.4 Å². The van der Waals surface area contributed by atoms with Crippen LogP contribution in [0.3, 0.4) is 0 Å². The van der Waals surface area contributed by atoms with Crippen LogP contribution in [0, 0.1) is 5.82 Å². The first-order valence-electron chi connectivity index (χ1n) is 10.0. The number of hydrogen-bond donors (Lipinski definition) is 0. The Kier molecular flexibility index (Phi) is 8.39. The highest BCUT2D eigenvalue weighted by atomic mass is 32.1. The number of benzene rings is 1. The van der Waals surface area contributed by atoms with Crippen LogP contribution in [0.15, 0.2) is 35.7 Å². The van der Waals surface area contributed by atoms with Gasteiger partial charge in [-0.05, 0) is 47.7 Å². The molecule has 9 heteroatoms. The predicted octanol–water partition coefficient (Wildman–Crippen LogP) is 2.51. The van der Waals surface area contributed by atoms with Gasteiger partial charge in [-0.1, -0.05) is 0 Å². The highest BCUT2D eigenvalue weighted by molar-refractivity contribution is 7.10. The topological polar surface area (TPSA) is 68.3 Å². The van der Waals surface area contributed by atoms with E-state index in [9.17, 15) is 14.0 Å². The molecule has 0 bridgehead atoms. The van der Waals surface area contributed by atoms with Crippen LogP contribution in [0.5, 0.6) is 5.75 Å². The molecule has 1 aliphatic heterocycles. The first-order chi connectivity index (χ1) is 15.0. The molecule has 2 heterocycles. The van der Waals surface area contributed by atoms with E-state index in [4.69, 9.17) is 14.2 Å². The molecule has 0 saturated carbocycles. The highest BCUT2D eigenvalue weighted by Crippen LogP contribution is 2.34. The van der Waals surface area contributed by atoms with Crippen LogP contribution in [0.1, 0.15) is 16.5 Å². The molecular formula is C22H27FN2O5S. The van der Waals surface area contributed by atoms with Gasteiger partial charge in [0, 0.05) is 32.2 Å². The standard InChI is InChI=1S/C22H27FN2O5S/c1-28-11-10-24(22(27)15-29-2)13-21(26)25-9-7-20-18(8-12-31-20)19(25)14-30-17-5-3-16(23)4-6-17/h3-6,8,12,19H,7,9-11,13-15H2,1-2H3/t19-/m0/s1. The Labute approximate surface area is 185 Å². The molecule has 1 atom stereocenters. The summed E-state index contributed by atoms with van der Waals surface area (Å²) in [5, 5.41) is 2.01. The largest absolute Gasteiger partial charge is 0.491 e. The normalized spacial score (nSPS) is 15.5. The summed E-state index contributed by atoms with van der Waals surface area (Å²) in [6, 6.07) is 7.53. The van der Waals surface area contributed by atoms with Crippen LogP contribution in [-0.2, 0) is 25.5 Å². The molecule has 0 saturated heterocycles. The number of thiophene rings is 1. The summed E-state index contributed by atoms with van der Waals surface area (Å²) in [5.41, 5.74) is 1.05. The molecule has 1 aromatic carbocycles. The molecule has 7 nitrogen and oxygen atoms in total. The van der Waals surface area contributed by atoms with Gasteiger partial charge in [-0.3, -0.25) is 9.59 Å². The van der Waals surface area contributed by atoms with Crippen molar-refractivity contribution in [3.05, 3.63) is 52.0 Å². The fourth-order valence-electron chi connectivity index (χ4n) is 3.54. The monoisotopic (exact) mass is 450 g/mol. The SMILES string of the molecule is COCCN(CC(=O)N1CCc2sccc2[C@@H]1COc1ccc(F)cc1)C(=O)COC. The highest BCUT2D eigenvalue weighted by Gasteiger charge is 2.33. The molecule has 2 aromatic rings. The summed E-state index contributed by atoms with van der Waals surface area (Å²) >= 11 is 1.66. The van der Waals surface area contributed by atoms with Crippen LogP contribution in [-0.4, -0.2) is 75.3 Å². The second-order valence-corrected chi connectivity index (χ2v) is 8.16. The van der Waals surface area contributed by atoms with Crippen molar-refractivity contribution in [1.29, 1.82) is 0 Å². The Balaban J connectivity index is 1.74. The lowest BCUT2D eigenvalue weighted by Crippen LogP contribution is -2.49. The lowest BCUT2D eigenvalue weighted by atomic mass is 10.0. The van der Waals surface area contributed by atoms with Gasteiger partial charge in [0.2, 0.25) is 11.8 Å². The molecule has 3 rings (SSSR count). The number of amides is 2. The smallest absolute Gasteiger partial charge is 0.249 e. The number of halogens is 1. The molecule has 0 aliphatic carbocycles. The molecule has 2 amide bonds. The Morgan fingerprint density at radius 2 is 1.97 bits per heavy atom. The minimum Gasteiger partial charge on any atom is -0.491 e. The third-order valence-corrected chi connectivity index (χ3v) is 6.15. The van der Waals surface area contributed by atoms with Gasteiger partial charge < -0.3 is 24.0 Å². The number of hydrogen-bond acceptors (Lipinski definition) is 6. The van der Waals surface area contributed by atoms with Gasteiger partial charge in [0.25, 0.3) is 0 Å². The van der Waals surface area contributed by atoms with E-state index in [2.05, 4.69) is 0 Å². The lowest BCUT2D eigenvalue weighted by Gasteiger charge is -2.37. The van der Waals surface area contributed by atoms with Crippen molar-refractivity contribution >= 4 is 23.2 Å². The number of fused-ring (bicyclic) bond motifs is 1. The zero-order chi connectivity index (χ0) is 22.2. The van der Waals surface area contributed by atoms with Gasteiger partial charge in [0.05, 0.1) is 19.2 Å².